The van der Waals surface area contributed by atoms with E-state index >= 15 is 0 Å². The summed E-state index contributed by atoms with van der Waals surface area (Å²) in [6, 6.07) is 10.5. The van der Waals surface area contributed by atoms with Gasteiger partial charge in [0.1, 0.15) is 5.82 Å². The molecule has 9 heteroatoms. The van der Waals surface area contributed by atoms with Crippen molar-refractivity contribution >= 4 is 17.7 Å². The summed E-state index contributed by atoms with van der Waals surface area (Å²) in [5.74, 6) is 0.713. The largest absolute Gasteiger partial charge is 0.480 e. The maximum atomic E-state index is 12.4. The van der Waals surface area contributed by atoms with Crippen LogP contribution in [0.15, 0.2) is 36.4 Å². The van der Waals surface area contributed by atoms with Crippen molar-refractivity contribution in [1.82, 2.24) is 20.0 Å². The fraction of sp³-hybridized carbons (Fsp3) is 0.250. The average molecular weight is 393 g/mol. The molecule has 0 spiro atoms. The van der Waals surface area contributed by atoms with Gasteiger partial charge < -0.3 is 14.8 Å². The monoisotopic (exact) mass is 393 g/mol. The number of benzene rings is 1. The predicted octanol–water partition coefficient (Wildman–Crippen LogP) is 2.24. The van der Waals surface area contributed by atoms with Crippen LogP contribution in [0.4, 0.5) is 5.82 Å². The first-order chi connectivity index (χ1) is 14.0. The number of rotatable bonds is 4. The molecular weight excluding hydrogens is 374 g/mol. The Hall–Kier alpha value is -3.75. The molecule has 1 amide bonds. The number of nitrogens with zero attached hydrogens (tertiary/aromatic N) is 4. The minimum atomic E-state index is -0.402. The topological polar surface area (TPSA) is 108 Å². The normalized spacial score (nSPS) is 15.4. The molecule has 0 fully saturated rings. The molecule has 0 saturated heterocycles. The Bertz CT molecular complexity index is 1070. The van der Waals surface area contributed by atoms with Gasteiger partial charge in [-0.05, 0) is 30.7 Å². The lowest BCUT2D eigenvalue weighted by Gasteiger charge is -2.24. The number of esters is 1. The molecule has 0 radical (unpaired) electrons. The summed E-state index contributed by atoms with van der Waals surface area (Å²) in [6.07, 6.45) is 0.283. The third kappa shape index (κ3) is 3.31. The number of amides is 1. The van der Waals surface area contributed by atoms with Crippen LogP contribution in [0.3, 0.4) is 0 Å². The highest BCUT2D eigenvalue weighted by Gasteiger charge is 2.33. The van der Waals surface area contributed by atoms with Gasteiger partial charge >= 0.3 is 5.97 Å². The first-order valence-corrected chi connectivity index (χ1v) is 8.97. The van der Waals surface area contributed by atoms with E-state index in [1.807, 2.05) is 19.1 Å². The second-order valence-corrected chi connectivity index (χ2v) is 6.61. The number of hydrogen-bond acceptors (Lipinski definition) is 7. The van der Waals surface area contributed by atoms with E-state index in [0.29, 0.717) is 23.1 Å². The average Bonchev–Trinajstić information content (AvgIpc) is 3.09. The van der Waals surface area contributed by atoms with E-state index in [1.165, 1.54) is 14.2 Å². The van der Waals surface area contributed by atoms with Crippen molar-refractivity contribution in [3.05, 3.63) is 58.8 Å². The highest BCUT2D eigenvalue weighted by molar-refractivity contribution is 5.95. The number of carbonyl (C=O) groups excluding carboxylic acids is 2. The Labute approximate surface area is 166 Å². The van der Waals surface area contributed by atoms with E-state index in [-0.39, 0.29) is 18.2 Å². The van der Waals surface area contributed by atoms with Gasteiger partial charge in [-0.25, -0.2) is 4.79 Å². The molecule has 29 heavy (non-hydrogen) atoms. The second kappa shape index (κ2) is 7.34. The Balaban J connectivity index is 1.76. The van der Waals surface area contributed by atoms with Gasteiger partial charge in [-0.1, -0.05) is 12.1 Å². The lowest BCUT2D eigenvalue weighted by molar-refractivity contribution is -0.116. The van der Waals surface area contributed by atoms with Gasteiger partial charge in [-0.3, -0.25) is 4.79 Å². The zero-order chi connectivity index (χ0) is 20.5. The minimum Gasteiger partial charge on any atom is -0.480 e. The molecule has 3 aromatic rings. The number of fused-ring (bicyclic) bond motifs is 1. The Kier molecular flexibility index (Phi) is 4.71. The van der Waals surface area contributed by atoms with Crippen LogP contribution in [0, 0.1) is 6.92 Å². The molecule has 1 aliphatic rings. The lowest BCUT2D eigenvalue weighted by Crippen LogP contribution is -2.25. The number of hydrogen-bond donors (Lipinski definition) is 1. The fourth-order valence-electron chi connectivity index (χ4n) is 3.50. The zero-order valence-electron chi connectivity index (χ0n) is 16.2. The fourth-order valence-corrected chi connectivity index (χ4v) is 3.50. The summed E-state index contributed by atoms with van der Waals surface area (Å²) >= 11 is 0. The molecule has 1 atom stereocenters. The summed E-state index contributed by atoms with van der Waals surface area (Å²) in [6.45, 7) is 1.89. The Morgan fingerprint density at radius 1 is 1.14 bits per heavy atom. The third-order valence-electron chi connectivity index (χ3n) is 4.89. The number of ether oxygens (including phenoxy) is 2. The van der Waals surface area contributed by atoms with Crippen molar-refractivity contribution in [3.8, 4) is 11.7 Å². The molecular formula is C20H19N5O4. The highest BCUT2D eigenvalue weighted by Crippen LogP contribution is 2.40. The van der Waals surface area contributed by atoms with Crippen LogP contribution in [-0.2, 0) is 9.53 Å². The molecule has 1 N–H and O–H groups in total. The van der Waals surface area contributed by atoms with Crippen molar-refractivity contribution in [2.75, 3.05) is 19.5 Å². The lowest BCUT2D eigenvalue weighted by atomic mass is 9.85. The Morgan fingerprint density at radius 3 is 2.52 bits per heavy atom. The van der Waals surface area contributed by atoms with Crippen molar-refractivity contribution in [1.29, 1.82) is 0 Å². The number of nitrogens with one attached hydrogen (secondary N) is 1. The van der Waals surface area contributed by atoms with Crippen LogP contribution in [0.25, 0.3) is 5.82 Å². The van der Waals surface area contributed by atoms with Gasteiger partial charge in [-0.2, -0.15) is 9.78 Å². The first kappa shape index (κ1) is 18.6. The number of methoxy groups -OCH3 is 2. The van der Waals surface area contributed by atoms with E-state index in [2.05, 4.69) is 20.6 Å². The number of carbonyl (C=O) groups is 2. The van der Waals surface area contributed by atoms with E-state index in [9.17, 15) is 9.59 Å². The third-order valence-corrected chi connectivity index (χ3v) is 4.89. The summed E-state index contributed by atoms with van der Waals surface area (Å²) < 4.78 is 11.4. The van der Waals surface area contributed by atoms with Gasteiger partial charge in [0, 0.05) is 24.0 Å². The summed E-state index contributed by atoms with van der Waals surface area (Å²) in [7, 11) is 2.85. The SMILES string of the molecule is COC(=O)c1ccc([C@@H]2CC(=O)Nc3c2c(C)nn3-c2ccc(OC)nn2)cc1. The van der Waals surface area contributed by atoms with Crippen molar-refractivity contribution in [3.63, 3.8) is 0 Å². The van der Waals surface area contributed by atoms with Crippen molar-refractivity contribution in [2.45, 2.75) is 19.3 Å². The van der Waals surface area contributed by atoms with Crippen LogP contribution in [0.2, 0.25) is 0 Å². The van der Waals surface area contributed by atoms with Gasteiger partial charge in [0.2, 0.25) is 11.8 Å². The first-order valence-electron chi connectivity index (χ1n) is 8.97. The summed E-state index contributed by atoms with van der Waals surface area (Å²) in [5, 5.41) is 15.6. The molecule has 0 aliphatic carbocycles. The standard InChI is InChI=1S/C20H19N5O4/c1-11-18-14(12-4-6-13(7-5-12)20(27)29-3)10-16(26)21-19(18)25(24-11)15-8-9-17(28-2)23-22-15/h4-9,14H,10H2,1-3H3,(H,21,26)/t14-/m0/s1. The predicted molar refractivity (Wildman–Crippen MR) is 103 cm³/mol. The smallest absolute Gasteiger partial charge is 0.337 e. The maximum absolute atomic E-state index is 12.4. The van der Waals surface area contributed by atoms with Gasteiger partial charge in [-0.15, -0.1) is 10.2 Å². The highest BCUT2D eigenvalue weighted by atomic mass is 16.5. The summed E-state index contributed by atoms with van der Waals surface area (Å²) in [4.78, 5) is 24.1. The molecule has 2 aromatic heterocycles. The second-order valence-electron chi connectivity index (χ2n) is 6.61. The zero-order valence-corrected chi connectivity index (χ0v) is 16.2. The van der Waals surface area contributed by atoms with Crippen molar-refractivity contribution < 1.29 is 19.1 Å². The molecule has 3 heterocycles. The maximum Gasteiger partial charge on any atom is 0.337 e. The quantitative estimate of drug-likeness (QED) is 0.677. The molecule has 1 aliphatic heterocycles. The molecule has 148 valence electrons. The molecule has 9 nitrogen and oxygen atoms in total. The molecule has 0 unspecified atom stereocenters. The van der Waals surface area contributed by atoms with Crippen LogP contribution in [0.5, 0.6) is 5.88 Å². The molecule has 1 aromatic carbocycles. The van der Waals surface area contributed by atoms with E-state index in [1.54, 1.807) is 28.9 Å². The number of aryl methyl sites for hydroxylation is 1. The number of aromatic nitrogens is 4. The van der Waals surface area contributed by atoms with E-state index in [0.717, 1.165) is 16.8 Å². The van der Waals surface area contributed by atoms with E-state index < -0.39 is 5.97 Å². The van der Waals surface area contributed by atoms with Crippen LogP contribution in [0.1, 0.15) is 39.5 Å². The van der Waals surface area contributed by atoms with Crippen LogP contribution in [-0.4, -0.2) is 46.1 Å². The Morgan fingerprint density at radius 2 is 1.90 bits per heavy atom. The molecule has 4 rings (SSSR count). The van der Waals surface area contributed by atoms with Gasteiger partial charge in [0.15, 0.2) is 5.82 Å². The minimum absolute atomic E-state index is 0.123. The van der Waals surface area contributed by atoms with Crippen molar-refractivity contribution in [2.24, 2.45) is 0 Å². The molecule has 0 saturated carbocycles. The van der Waals surface area contributed by atoms with Gasteiger partial charge in [0.05, 0.1) is 25.5 Å². The molecule has 0 bridgehead atoms. The number of anilines is 1. The van der Waals surface area contributed by atoms with Crippen LogP contribution >= 0.6 is 0 Å². The van der Waals surface area contributed by atoms with Crippen LogP contribution < -0.4 is 10.1 Å². The van der Waals surface area contributed by atoms with Gasteiger partial charge in [0.25, 0.3) is 0 Å². The van der Waals surface area contributed by atoms with E-state index in [4.69, 9.17) is 9.47 Å². The summed E-state index contributed by atoms with van der Waals surface area (Å²) in [5.41, 5.74) is 3.06.